The lowest BCUT2D eigenvalue weighted by Crippen LogP contribution is -1.95. The van der Waals surface area contributed by atoms with E-state index in [1.807, 2.05) is 17.5 Å². The van der Waals surface area contributed by atoms with Crippen molar-refractivity contribution in [3.8, 4) is 11.3 Å². The van der Waals surface area contributed by atoms with Crippen LogP contribution >= 0.6 is 20.9 Å². The predicted octanol–water partition coefficient (Wildman–Crippen LogP) is 3.13. The van der Waals surface area contributed by atoms with Gasteiger partial charge < -0.3 is 5.11 Å². The molecule has 15 heavy (non-hydrogen) atoms. The van der Waals surface area contributed by atoms with Crippen LogP contribution in [0, 0.1) is 0 Å². The summed E-state index contributed by atoms with van der Waals surface area (Å²) in [5, 5.41) is 10.9. The molecule has 0 bridgehead atoms. The topological polar surface area (TPSA) is 50.2 Å². The minimum atomic E-state index is -0.938. The van der Waals surface area contributed by atoms with Gasteiger partial charge >= 0.3 is 5.97 Å². The molecule has 0 aromatic rings. The molecule has 0 unspecified atom stereocenters. The molecule has 1 aliphatic heterocycles. The van der Waals surface area contributed by atoms with Gasteiger partial charge in [0.05, 0.1) is 11.3 Å². The molecule has 76 valence electrons. The molecule has 1 aliphatic carbocycles. The van der Waals surface area contributed by atoms with Gasteiger partial charge in [-0.3, -0.25) is 0 Å². The predicted molar refractivity (Wildman–Crippen MR) is 61.2 cm³/mol. The summed E-state index contributed by atoms with van der Waals surface area (Å²) in [7, 11) is 2.86. The van der Waals surface area contributed by atoms with Crippen LogP contribution in [0.4, 0.5) is 0 Å². The summed E-state index contributed by atoms with van der Waals surface area (Å²) in [6, 6.07) is 8.58. The van der Waals surface area contributed by atoms with Crippen LogP contribution in [-0.4, -0.2) is 15.4 Å². The second-order valence-corrected chi connectivity index (χ2v) is 4.63. The lowest BCUT2D eigenvalue weighted by Gasteiger charge is -1.99. The van der Waals surface area contributed by atoms with E-state index in [1.54, 1.807) is 18.2 Å². The van der Waals surface area contributed by atoms with E-state index in [2.05, 4.69) is 4.37 Å². The molecule has 1 heterocycles. The molecule has 0 radical (unpaired) electrons. The van der Waals surface area contributed by atoms with E-state index in [1.165, 1.54) is 20.9 Å². The smallest absolute Gasteiger partial charge is 0.335 e. The lowest BCUT2D eigenvalue weighted by molar-refractivity contribution is 0.0697. The van der Waals surface area contributed by atoms with E-state index in [9.17, 15) is 4.79 Å². The van der Waals surface area contributed by atoms with Crippen LogP contribution in [0.3, 0.4) is 0 Å². The summed E-state index contributed by atoms with van der Waals surface area (Å²) in [5.41, 5.74) is 1.90. The van der Waals surface area contributed by atoms with Crippen LogP contribution in [0.2, 0.25) is 0 Å². The van der Waals surface area contributed by atoms with Gasteiger partial charge in [0.25, 0.3) is 0 Å². The molecule has 2 aliphatic rings. The fourth-order valence-electron chi connectivity index (χ4n) is 1.13. The van der Waals surface area contributed by atoms with Crippen molar-refractivity contribution in [3.05, 3.63) is 41.3 Å². The van der Waals surface area contributed by atoms with E-state index in [-0.39, 0.29) is 5.56 Å². The van der Waals surface area contributed by atoms with Crippen molar-refractivity contribution in [2.24, 2.45) is 0 Å². The van der Waals surface area contributed by atoms with E-state index < -0.39 is 5.97 Å². The highest BCUT2D eigenvalue weighted by atomic mass is 32.9. The summed E-state index contributed by atoms with van der Waals surface area (Å²) in [4.78, 5) is 10.9. The van der Waals surface area contributed by atoms with Crippen molar-refractivity contribution in [1.29, 1.82) is 0 Å². The second kappa shape index (κ2) is 4.37. The molecule has 0 fully saturated rings. The third kappa shape index (κ3) is 2.31. The number of nitrogens with zero attached hydrogens (tertiary/aromatic N) is 1. The van der Waals surface area contributed by atoms with Gasteiger partial charge in [-0.2, -0.15) is 4.37 Å². The molecule has 0 atom stereocenters. The maximum atomic E-state index is 10.9. The van der Waals surface area contributed by atoms with Gasteiger partial charge in [-0.25, -0.2) is 4.79 Å². The molecule has 0 saturated carbocycles. The van der Waals surface area contributed by atoms with Crippen LogP contribution in [0.25, 0.3) is 11.3 Å². The van der Waals surface area contributed by atoms with Gasteiger partial charge in [0.15, 0.2) is 0 Å². The standard InChI is InChI=1S/C10H7NO2S2/c12-10(13)7-3-1-2-4-8-6-14-15-11-9(8)5-7/h1-6H,(H,12,13). The Morgan fingerprint density at radius 2 is 2.13 bits per heavy atom. The summed E-state index contributed by atoms with van der Waals surface area (Å²) in [5.74, 6) is -0.938. The van der Waals surface area contributed by atoms with Crippen molar-refractivity contribution in [3.63, 3.8) is 0 Å². The van der Waals surface area contributed by atoms with Crippen LogP contribution in [0.5, 0.6) is 0 Å². The number of carboxylic acids is 1. The fraction of sp³-hybridized carbons (Fsp3) is 0. The Balaban J connectivity index is 2.71. The number of aromatic nitrogens is 1. The van der Waals surface area contributed by atoms with Crippen LogP contribution in [0.1, 0.15) is 10.4 Å². The summed E-state index contributed by atoms with van der Waals surface area (Å²) in [6.45, 7) is 0. The lowest BCUT2D eigenvalue weighted by atomic mass is 10.1. The number of fused-ring (bicyclic) bond motifs is 1. The monoisotopic (exact) mass is 237 g/mol. The number of carbonyl (C=O) groups is 1. The normalized spacial score (nSPS) is 9.87. The Morgan fingerprint density at radius 1 is 1.33 bits per heavy atom. The van der Waals surface area contributed by atoms with Gasteiger partial charge in [0.1, 0.15) is 0 Å². The molecule has 1 N–H and O–H groups in total. The number of hydrogen-bond donors (Lipinski definition) is 1. The SMILES string of the molecule is O=C(O)c1ccccc2cssnc-2c1. The molecule has 0 spiro atoms. The van der Waals surface area contributed by atoms with E-state index in [4.69, 9.17) is 5.11 Å². The molecule has 0 saturated heterocycles. The quantitative estimate of drug-likeness (QED) is 0.775. The maximum absolute atomic E-state index is 10.9. The van der Waals surface area contributed by atoms with Crippen molar-refractivity contribution < 1.29 is 9.90 Å². The highest BCUT2D eigenvalue weighted by molar-refractivity contribution is 7.65. The van der Waals surface area contributed by atoms with Gasteiger partial charge in [-0.05, 0) is 12.1 Å². The zero-order valence-electron chi connectivity index (χ0n) is 7.58. The molecular formula is C10H7NO2S2. The first-order chi connectivity index (χ1) is 7.27. The second-order valence-electron chi connectivity index (χ2n) is 2.84. The van der Waals surface area contributed by atoms with E-state index in [0.29, 0.717) is 5.69 Å². The Kier molecular flexibility index (Phi) is 2.94. The van der Waals surface area contributed by atoms with Crippen LogP contribution in [-0.2, 0) is 0 Å². The number of rotatable bonds is 1. The fourth-order valence-corrected chi connectivity index (χ4v) is 2.57. The van der Waals surface area contributed by atoms with Gasteiger partial charge in [0.2, 0.25) is 0 Å². The molecule has 0 amide bonds. The van der Waals surface area contributed by atoms with Gasteiger partial charge in [-0.15, -0.1) is 0 Å². The average Bonchev–Trinajstić information content (AvgIpc) is 2.18. The average molecular weight is 237 g/mol. The first-order valence-electron chi connectivity index (χ1n) is 4.18. The zero-order chi connectivity index (χ0) is 10.7. The maximum Gasteiger partial charge on any atom is 0.335 e. The van der Waals surface area contributed by atoms with E-state index in [0.717, 1.165) is 5.56 Å². The zero-order valence-corrected chi connectivity index (χ0v) is 9.22. The van der Waals surface area contributed by atoms with Crippen molar-refractivity contribution in [1.82, 2.24) is 4.37 Å². The van der Waals surface area contributed by atoms with Crippen LogP contribution in [0.15, 0.2) is 35.7 Å². The third-order valence-electron chi connectivity index (χ3n) is 1.85. The molecule has 5 heteroatoms. The number of hydrogen-bond acceptors (Lipinski definition) is 4. The highest BCUT2D eigenvalue weighted by Crippen LogP contribution is 2.21. The third-order valence-corrected chi connectivity index (χ3v) is 3.33. The summed E-state index contributed by atoms with van der Waals surface area (Å²) in [6.07, 6.45) is 0. The number of aromatic carboxylic acids is 1. The van der Waals surface area contributed by atoms with E-state index >= 15 is 0 Å². The number of carboxylic acid groups (broad SMARTS) is 1. The largest absolute Gasteiger partial charge is 0.478 e. The first kappa shape index (κ1) is 10.1. The minimum Gasteiger partial charge on any atom is -0.478 e. The summed E-state index contributed by atoms with van der Waals surface area (Å²) < 4.78 is 4.19. The van der Waals surface area contributed by atoms with Crippen molar-refractivity contribution in [2.75, 3.05) is 0 Å². The minimum absolute atomic E-state index is 0.247. The molecule has 3 nitrogen and oxygen atoms in total. The van der Waals surface area contributed by atoms with Gasteiger partial charge in [0, 0.05) is 21.5 Å². The molecular weight excluding hydrogens is 230 g/mol. The molecule has 0 aromatic carbocycles. The Labute approximate surface area is 93.9 Å². The van der Waals surface area contributed by atoms with Crippen molar-refractivity contribution >= 4 is 26.8 Å². The summed E-state index contributed by atoms with van der Waals surface area (Å²) >= 11 is 0. The Bertz CT molecular complexity index is 502. The Morgan fingerprint density at radius 3 is 2.93 bits per heavy atom. The Hall–Kier alpha value is -1.46. The highest BCUT2D eigenvalue weighted by Gasteiger charge is 2.04. The molecule has 0 aromatic heterocycles. The van der Waals surface area contributed by atoms with Crippen molar-refractivity contribution in [2.45, 2.75) is 0 Å². The molecule has 2 rings (SSSR count). The van der Waals surface area contributed by atoms with Crippen LogP contribution < -0.4 is 0 Å². The first-order valence-corrected chi connectivity index (χ1v) is 6.35. The van der Waals surface area contributed by atoms with Gasteiger partial charge in [-0.1, -0.05) is 28.5 Å².